The van der Waals surface area contributed by atoms with Crippen molar-refractivity contribution in [3.63, 3.8) is 0 Å². The van der Waals surface area contributed by atoms with E-state index in [-0.39, 0.29) is 5.91 Å². The Hall–Kier alpha value is 0.0900. The van der Waals surface area contributed by atoms with Gasteiger partial charge in [0, 0.05) is 30.7 Å². The minimum atomic E-state index is 0.150. The van der Waals surface area contributed by atoms with Crippen LogP contribution in [0.25, 0.3) is 0 Å². The summed E-state index contributed by atoms with van der Waals surface area (Å²) in [6, 6.07) is 1.89. The second-order valence-electron chi connectivity index (χ2n) is 3.96. The predicted molar refractivity (Wildman–Crippen MR) is 77.7 cm³/mol. The molecule has 0 saturated carbocycles. The normalized spacial score (nSPS) is 17.5. The lowest BCUT2D eigenvalue weighted by atomic mass is 10.3. The monoisotopic (exact) mass is 380 g/mol. The van der Waals surface area contributed by atoms with Gasteiger partial charge in [-0.3, -0.25) is 4.79 Å². The fourth-order valence-corrected chi connectivity index (χ4v) is 3.88. The van der Waals surface area contributed by atoms with Crippen LogP contribution in [0, 0.1) is 0 Å². The zero-order valence-corrected chi connectivity index (χ0v) is 13.6. The van der Waals surface area contributed by atoms with Gasteiger partial charge in [-0.2, -0.15) is 0 Å². The molecule has 2 heterocycles. The molecule has 3 nitrogen and oxygen atoms in total. The average molecular weight is 382 g/mol. The highest BCUT2D eigenvalue weighted by Gasteiger charge is 2.23. The lowest BCUT2D eigenvalue weighted by Gasteiger charge is -2.33. The van der Waals surface area contributed by atoms with Crippen LogP contribution < -0.4 is 0 Å². The molecule has 1 aliphatic rings. The zero-order chi connectivity index (χ0) is 12.4. The Bertz CT molecular complexity index is 394. The molecule has 1 aromatic heterocycles. The first-order valence-electron chi connectivity index (χ1n) is 5.58. The van der Waals surface area contributed by atoms with Crippen molar-refractivity contribution in [1.29, 1.82) is 0 Å². The second-order valence-corrected chi connectivity index (χ2v) is 7.18. The number of carbonyl (C=O) groups is 1. The molecular formula is C11H14Br2N2OS. The fraction of sp³-hybridized carbons (Fsp3) is 0.545. The Morgan fingerprint density at radius 2 is 2.00 bits per heavy atom. The van der Waals surface area contributed by atoms with Crippen LogP contribution in [-0.4, -0.2) is 48.4 Å². The molecule has 2 rings (SSSR count). The highest BCUT2D eigenvalue weighted by atomic mass is 79.9. The van der Waals surface area contributed by atoms with Crippen molar-refractivity contribution >= 4 is 49.1 Å². The molecule has 94 valence electrons. The van der Waals surface area contributed by atoms with Gasteiger partial charge in [-0.1, -0.05) is 6.92 Å². The maximum absolute atomic E-state index is 12.2. The molecule has 0 bridgehead atoms. The quantitative estimate of drug-likeness (QED) is 0.785. The van der Waals surface area contributed by atoms with E-state index in [4.69, 9.17) is 0 Å². The van der Waals surface area contributed by atoms with E-state index < -0.39 is 0 Å². The summed E-state index contributed by atoms with van der Waals surface area (Å²) in [7, 11) is 0. The number of nitrogens with zero attached hydrogens (tertiary/aromatic N) is 2. The van der Waals surface area contributed by atoms with Gasteiger partial charge >= 0.3 is 0 Å². The summed E-state index contributed by atoms with van der Waals surface area (Å²) in [5, 5.41) is 0. The molecule has 0 spiro atoms. The number of carbonyl (C=O) groups excluding carboxylic acids is 1. The first-order chi connectivity index (χ1) is 8.11. The smallest absolute Gasteiger partial charge is 0.264 e. The number of thiophene rings is 1. The Balaban J connectivity index is 2.01. The Morgan fingerprint density at radius 1 is 1.35 bits per heavy atom. The molecule has 6 heteroatoms. The van der Waals surface area contributed by atoms with Crippen LogP contribution in [0.3, 0.4) is 0 Å². The molecule has 1 aliphatic heterocycles. The molecule has 0 unspecified atom stereocenters. The van der Waals surface area contributed by atoms with E-state index >= 15 is 0 Å². The summed E-state index contributed by atoms with van der Waals surface area (Å²) in [5.41, 5.74) is 0. The van der Waals surface area contributed by atoms with Crippen molar-refractivity contribution < 1.29 is 4.79 Å². The summed E-state index contributed by atoms with van der Waals surface area (Å²) in [4.78, 5) is 17.3. The van der Waals surface area contributed by atoms with E-state index in [9.17, 15) is 4.79 Å². The van der Waals surface area contributed by atoms with Crippen molar-refractivity contribution in [3.8, 4) is 0 Å². The van der Waals surface area contributed by atoms with E-state index in [2.05, 4.69) is 43.7 Å². The van der Waals surface area contributed by atoms with Crippen molar-refractivity contribution in [2.45, 2.75) is 6.92 Å². The molecule has 0 aliphatic carbocycles. The number of rotatable bonds is 2. The van der Waals surface area contributed by atoms with Crippen LogP contribution in [0.15, 0.2) is 14.3 Å². The number of likely N-dealkylation sites (N-methyl/N-ethyl adjacent to an activating group) is 1. The zero-order valence-electron chi connectivity index (χ0n) is 9.58. The van der Waals surface area contributed by atoms with Crippen LogP contribution >= 0.6 is 43.2 Å². The summed E-state index contributed by atoms with van der Waals surface area (Å²) >= 11 is 8.32. The standard InChI is InChI=1S/C11H14Br2N2OS/c1-2-14-3-5-15(6-4-14)11(16)9-7-8(12)10(13)17-9/h7H,2-6H2,1H3. The third kappa shape index (κ3) is 3.10. The maximum atomic E-state index is 12.2. The number of hydrogen-bond donors (Lipinski definition) is 0. The summed E-state index contributed by atoms with van der Waals surface area (Å²) in [6.07, 6.45) is 0. The molecule has 0 atom stereocenters. The largest absolute Gasteiger partial charge is 0.335 e. The fourth-order valence-electron chi connectivity index (χ4n) is 1.88. The van der Waals surface area contributed by atoms with Crippen LogP contribution in [-0.2, 0) is 0 Å². The number of amides is 1. The first kappa shape index (κ1) is 13.5. The van der Waals surface area contributed by atoms with E-state index in [0.29, 0.717) is 0 Å². The predicted octanol–water partition coefficient (Wildman–Crippen LogP) is 3.05. The lowest BCUT2D eigenvalue weighted by molar-refractivity contribution is 0.0648. The Kier molecular flexibility index (Phi) is 4.63. The van der Waals surface area contributed by atoms with Crippen LogP contribution in [0.4, 0.5) is 0 Å². The van der Waals surface area contributed by atoms with Crippen molar-refractivity contribution in [3.05, 3.63) is 19.2 Å². The molecule has 1 aromatic rings. The van der Waals surface area contributed by atoms with Crippen molar-refractivity contribution in [1.82, 2.24) is 9.80 Å². The molecule has 1 saturated heterocycles. The second kappa shape index (κ2) is 5.82. The van der Waals surface area contributed by atoms with Gasteiger partial charge in [-0.15, -0.1) is 11.3 Å². The SMILES string of the molecule is CCN1CCN(C(=O)c2cc(Br)c(Br)s2)CC1. The summed E-state index contributed by atoms with van der Waals surface area (Å²) in [5.74, 6) is 0.150. The lowest BCUT2D eigenvalue weighted by Crippen LogP contribution is -2.48. The maximum Gasteiger partial charge on any atom is 0.264 e. The highest BCUT2D eigenvalue weighted by Crippen LogP contribution is 2.33. The Morgan fingerprint density at radius 3 is 2.47 bits per heavy atom. The third-order valence-electron chi connectivity index (χ3n) is 2.96. The molecule has 1 fully saturated rings. The first-order valence-corrected chi connectivity index (χ1v) is 7.98. The van der Waals surface area contributed by atoms with E-state index in [1.54, 1.807) is 0 Å². The highest BCUT2D eigenvalue weighted by molar-refractivity contribution is 9.13. The number of hydrogen-bond acceptors (Lipinski definition) is 3. The van der Waals surface area contributed by atoms with E-state index in [1.165, 1.54) is 11.3 Å². The van der Waals surface area contributed by atoms with Gasteiger partial charge in [0.05, 0.1) is 8.66 Å². The van der Waals surface area contributed by atoms with Gasteiger partial charge in [0.15, 0.2) is 0 Å². The molecule has 0 N–H and O–H groups in total. The van der Waals surface area contributed by atoms with Gasteiger partial charge < -0.3 is 9.80 Å². The van der Waals surface area contributed by atoms with Crippen molar-refractivity contribution in [2.75, 3.05) is 32.7 Å². The number of piperazine rings is 1. The molecule has 0 aromatic carbocycles. The molecule has 17 heavy (non-hydrogen) atoms. The average Bonchev–Trinajstić information content (AvgIpc) is 2.69. The van der Waals surface area contributed by atoms with Gasteiger partial charge in [0.1, 0.15) is 0 Å². The Labute approximate surface area is 122 Å². The summed E-state index contributed by atoms with van der Waals surface area (Å²) in [6.45, 7) is 6.86. The minimum absolute atomic E-state index is 0.150. The topological polar surface area (TPSA) is 23.6 Å². The van der Waals surface area contributed by atoms with E-state index in [1.807, 2.05) is 11.0 Å². The number of halogens is 2. The van der Waals surface area contributed by atoms with Gasteiger partial charge in [-0.05, 0) is 44.5 Å². The molecule has 1 amide bonds. The van der Waals surface area contributed by atoms with E-state index in [0.717, 1.165) is 45.9 Å². The van der Waals surface area contributed by atoms with Crippen LogP contribution in [0.5, 0.6) is 0 Å². The minimum Gasteiger partial charge on any atom is -0.335 e. The van der Waals surface area contributed by atoms with Gasteiger partial charge in [-0.25, -0.2) is 0 Å². The third-order valence-corrected chi connectivity index (χ3v) is 6.21. The van der Waals surface area contributed by atoms with Gasteiger partial charge in [0.2, 0.25) is 0 Å². The molecule has 0 radical (unpaired) electrons. The van der Waals surface area contributed by atoms with Gasteiger partial charge in [0.25, 0.3) is 5.91 Å². The molecular weight excluding hydrogens is 368 g/mol. The van der Waals surface area contributed by atoms with Crippen LogP contribution in [0.1, 0.15) is 16.6 Å². The summed E-state index contributed by atoms with van der Waals surface area (Å²) < 4.78 is 1.94. The van der Waals surface area contributed by atoms with Crippen LogP contribution in [0.2, 0.25) is 0 Å². The van der Waals surface area contributed by atoms with Crippen molar-refractivity contribution in [2.24, 2.45) is 0 Å².